The lowest BCUT2D eigenvalue weighted by Gasteiger charge is -2.17. The standard InChI is InChI=1S/C15H13Cl2N3O3/c1-8-2-13(19-23-8)18-15(22)9-3-14(21)20(7-9)12-5-10(16)4-11(17)6-12/h2,4-6,9H,3,7H2,1H3,(H,18,19,22). The first-order valence-corrected chi connectivity index (χ1v) is 7.68. The molecular weight excluding hydrogens is 341 g/mol. The van der Waals surface area contributed by atoms with E-state index in [1.807, 2.05) is 0 Å². The van der Waals surface area contributed by atoms with Gasteiger partial charge in [-0.15, -0.1) is 0 Å². The van der Waals surface area contributed by atoms with Crippen LogP contribution in [0.1, 0.15) is 12.2 Å². The van der Waals surface area contributed by atoms with Gasteiger partial charge in [0.15, 0.2) is 5.82 Å². The summed E-state index contributed by atoms with van der Waals surface area (Å²) in [6.07, 6.45) is 0.118. The van der Waals surface area contributed by atoms with Crippen molar-refractivity contribution in [3.8, 4) is 0 Å². The van der Waals surface area contributed by atoms with Crippen LogP contribution in [0.25, 0.3) is 0 Å². The first-order valence-electron chi connectivity index (χ1n) is 6.93. The van der Waals surface area contributed by atoms with Gasteiger partial charge in [0.25, 0.3) is 0 Å². The van der Waals surface area contributed by atoms with Crippen LogP contribution in [0.15, 0.2) is 28.8 Å². The topological polar surface area (TPSA) is 75.4 Å². The minimum atomic E-state index is -0.475. The summed E-state index contributed by atoms with van der Waals surface area (Å²) >= 11 is 11.9. The van der Waals surface area contributed by atoms with E-state index in [0.29, 0.717) is 27.3 Å². The van der Waals surface area contributed by atoms with Gasteiger partial charge in [-0.3, -0.25) is 9.59 Å². The molecule has 1 aromatic heterocycles. The van der Waals surface area contributed by atoms with E-state index < -0.39 is 5.92 Å². The third-order valence-corrected chi connectivity index (χ3v) is 3.97. The molecular formula is C15H13Cl2N3O3. The number of hydrogen-bond donors (Lipinski definition) is 1. The Bertz CT molecular complexity index is 755. The van der Waals surface area contributed by atoms with Gasteiger partial charge in [0.05, 0.1) is 5.92 Å². The van der Waals surface area contributed by atoms with Gasteiger partial charge in [-0.1, -0.05) is 28.4 Å². The number of aryl methyl sites for hydroxylation is 1. The summed E-state index contributed by atoms with van der Waals surface area (Å²) in [4.78, 5) is 26.0. The highest BCUT2D eigenvalue weighted by atomic mass is 35.5. The molecule has 2 heterocycles. The van der Waals surface area contributed by atoms with Crippen LogP contribution in [0.5, 0.6) is 0 Å². The fourth-order valence-electron chi connectivity index (χ4n) is 2.48. The molecule has 3 rings (SSSR count). The van der Waals surface area contributed by atoms with E-state index in [-0.39, 0.29) is 24.8 Å². The molecule has 6 nitrogen and oxygen atoms in total. The summed E-state index contributed by atoms with van der Waals surface area (Å²) < 4.78 is 4.89. The average Bonchev–Trinajstić information content (AvgIpc) is 3.04. The number of amides is 2. The molecule has 1 unspecified atom stereocenters. The zero-order chi connectivity index (χ0) is 16.6. The van der Waals surface area contributed by atoms with Gasteiger partial charge in [0, 0.05) is 34.8 Å². The molecule has 1 N–H and O–H groups in total. The molecule has 0 spiro atoms. The maximum atomic E-state index is 12.3. The fraction of sp³-hybridized carbons (Fsp3) is 0.267. The fourth-order valence-corrected chi connectivity index (χ4v) is 3.00. The molecule has 0 radical (unpaired) electrons. The third-order valence-electron chi connectivity index (χ3n) is 3.53. The van der Waals surface area contributed by atoms with E-state index in [9.17, 15) is 9.59 Å². The van der Waals surface area contributed by atoms with Crippen LogP contribution in [0.3, 0.4) is 0 Å². The van der Waals surface area contributed by atoms with Crippen LogP contribution in [-0.2, 0) is 9.59 Å². The molecule has 1 aliphatic rings. The Hall–Kier alpha value is -2.05. The van der Waals surface area contributed by atoms with Crippen LogP contribution < -0.4 is 10.2 Å². The predicted octanol–water partition coefficient (Wildman–Crippen LogP) is 3.28. The highest BCUT2D eigenvalue weighted by Crippen LogP contribution is 2.30. The summed E-state index contributed by atoms with van der Waals surface area (Å²) in [5, 5.41) is 7.22. The Labute approximate surface area is 142 Å². The van der Waals surface area contributed by atoms with E-state index in [0.717, 1.165) is 0 Å². The van der Waals surface area contributed by atoms with E-state index in [1.54, 1.807) is 31.2 Å². The van der Waals surface area contributed by atoms with Crippen molar-refractivity contribution in [2.75, 3.05) is 16.8 Å². The molecule has 23 heavy (non-hydrogen) atoms. The lowest BCUT2D eigenvalue weighted by atomic mass is 10.1. The van der Waals surface area contributed by atoms with Crippen molar-refractivity contribution < 1.29 is 14.1 Å². The quantitative estimate of drug-likeness (QED) is 0.918. The molecule has 0 bridgehead atoms. The first-order chi connectivity index (χ1) is 10.9. The van der Waals surface area contributed by atoms with Crippen LogP contribution in [0.4, 0.5) is 11.5 Å². The Morgan fingerprint density at radius 2 is 2.00 bits per heavy atom. The van der Waals surface area contributed by atoms with Crippen LogP contribution >= 0.6 is 23.2 Å². The second-order valence-corrected chi connectivity index (χ2v) is 6.22. The summed E-state index contributed by atoms with van der Waals surface area (Å²) in [7, 11) is 0. The number of halogens is 2. The third kappa shape index (κ3) is 3.48. The van der Waals surface area contributed by atoms with E-state index in [4.69, 9.17) is 27.7 Å². The van der Waals surface area contributed by atoms with E-state index >= 15 is 0 Å². The molecule has 0 aliphatic carbocycles. The molecule has 120 valence electrons. The van der Waals surface area contributed by atoms with Crippen molar-refractivity contribution in [2.24, 2.45) is 5.92 Å². The normalized spacial score (nSPS) is 17.6. The molecule has 1 aromatic carbocycles. The van der Waals surface area contributed by atoms with Gasteiger partial charge in [-0.25, -0.2) is 0 Å². The van der Waals surface area contributed by atoms with Crippen molar-refractivity contribution >= 4 is 46.5 Å². The summed E-state index contributed by atoms with van der Waals surface area (Å²) in [5.41, 5.74) is 0.583. The number of nitrogens with zero attached hydrogens (tertiary/aromatic N) is 2. The van der Waals surface area contributed by atoms with Gasteiger partial charge >= 0.3 is 0 Å². The van der Waals surface area contributed by atoms with Crippen LogP contribution in [-0.4, -0.2) is 23.5 Å². The second-order valence-electron chi connectivity index (χ2n) is 5.35. The number of benzene rings is 1. The number of aromatic nitrogens is 1. The van der Waals surface area contributed by atoms with Crippen molar-refractivity contribution in [3.63, 3.8) is 0 Å². The van der Waals surface area contributed by atoms with E-state index in [1.165, 1.54) is 4.90 Å². The SMILES string of the molecule is Cc1cc(NC(=O)C2CC(=O)N(c3cc(Cl)cc(Cl)c3)C2)no1. The van der Waals surface area contributed by atoms with Gasteiger partial charge in [-0.2, -0.15) is 0 Å². The molecule has 0 saturated carbocycles. The lowest BCUT2D eigenvalue weighted by molar-refractivity contribution is -0.122. The number of rotatable bonds is 3. The monoisotopic (exact) mass is 353 g/mol. The Kier molecular flexibility index (Phi) is 4.28. The van der Waals surface area contributed by atoms with Crippen molar-refractivity contribution in [2.45, 2.75) is 13.3 Å². The minimum absolute atomic E-state index is 0.118. The number of carbonyl (C=O) groups is 2. The highest BCUT2D eigenvalue weighted by Gasteiger charge is 2.35. The van der Waals surface area contributed by atoms with E-state index in [2.05, 4.69) is 10.5 Å². The Morgan fingerprint density at radius 3 is 2.61 bits per heavy atom. The molecule has 8 heteroatoms. The maximum absolute atomic E-state index is 12.3. The maximum Gasteiger partial charge on any atom is 0.231 e. The molecule has 1 aliphatic heterocycles. The molecule has 2 amide bonds. The minimum Gasteiger partial charge on any atom is -0.360 e. The molecule has 1 atom stereocenters. The van der Waals surface area contributed by atoms with Crippen molar-refractivity contribution in [3.05, 3.63) is 40.1 Å². The molecule has 2 aromatic rings. The smallest absolute Gasteiger partial charge is 0.231 e. The zero-order valence-corrected chi connectivity index (χ0v) is 13.7. The van der Waals surface area contributed by atoms with Gasteiger partial charge in [0.2, 0.25) is 11.8 Å². The zero-order valence-electron chi connectivity index (χ0n) is 12.2. The first kappa shape index (κ1) is 15.8. The largest absolute Gasteiger partial charge is 0.360 e. The predicted molar refractivity (Wildman–Crippen MR) is 86.8 cm³/mol. The van der Waals surface area contributed by atoms with Gasteiger partial charge in [-0.05, 0) is 25.1 Å². The number of anilines is 2. The average molecular weight is 354 g/mol. The van der Waals surface area contributed by atoms with Crippen LogP contribution in [0.2, 0.25) is 10.0 Å². The van der Waals surface area contributed by atoms with Gasteiger partial charge in [0.1, 0.15) is 5.76 Å². The number of carbonyl (C=O) groups excluding carboxylic acids is 2. The summed E-state index contributed by atoms with van der Waals surface area (Å²) in [5.74, 6) is 0.0292. The summed E-state index contributed by atoms with van der Waals surface area (Å²) in [6, 6.07) is 6.49. The number of hydrogen-bond acceptors (Lipinski definition) is 4. The molecule has 1 fully saturated rings. The lowest BCUT2D eigenvalue weighted by Crippen LogP contribution is -2.28. The second kappa shape index (κ2) is 6.22. The van der Waals surface area contributed by atoms with Crippen LogP contribution in [0, 0.1) is 12.8 Å². The molecule has 1 saturated heterocycles. The highest BCUT2D eigenvalue weighted by molar-refractivity contribution is 6.35. The Balaban J connectivity index is 1.72. The van der Waals surface area contributed by atoms with Crippen molar-refractivity contribution in [1.82, 2.24) is 5.16 Å². The van der Waals surface area contributed by atoms with Crippen molar-refractivity contribution in [1.29, 1.82) is 0 Å². The summed E-state index contributed by atoms with van der Waals surface area (Å²) in [6.45, 7) is 1.99. The Morgan fingerprint density at radius 1 is 1.30 bits per heavy atom. The number of nitrogens with one attached hydrogen (secondary N) is 1. The van der Waals surface area contributed by atoms with Gasteiger partial charge < -0.3 is 14.7 Å².